The summed E-state index contributed by atoms with van der Waals surface area (Å²) in [5.74, 6) is -0.0341. The first-order valence-corrected chi connectivity index (χ1v) is 9.41. The van der Waals surface area contributed by atoms with Gasteiger partial charge in [0.1, 0.15) is 5.75 Å². The molecule has 0 aromatic carbocycles. The summed E-state index contributed by atoms with van der Waals surface area (Å²) in [5.41, 5.74) is 2.21. The summed E-state index contributed by atoms with van der Waals surface area (Å²) in [6.45, 7) is 9.23. The van der Waals surface area contributed by atoms with E-state index in [1.165, 1.54) is 0 Å². The number of aryl methyl sites for hydroxylation is 1. The number of aliphatic hydroxyl groups excluding tert-OH is 1. The molecule has 1 aliphatic heterocycles. The van der Waals surface area contributed by atoms with E-state index >= 15 is 0 Å². The standard InChI is InChI=1S/C14H22NO4P/c1-9-13-11(7-18-14(2,3)19-13)10(6-15-9)12(16)8-20(4,5)17/h6,12,16H,7-8H2,1-5H3. The summed E-state index contributed by atoms with van der Waals surface area (Å²) in [4.78, 5) is 4.28. The third-order valence-electron chi connectivity index (χ3n) is 3.23. The van der Waals surface area contributed by atoms with Crippen LogP contribution in [0.2, 0.25) is 0 Å². The number of aliphatic hydroxyl groups is 1. The van der Waals surface area contributed by atoms with Crippen LogP contribution in [0.5, 0.6) is 5.75 Å². The Morgan fingerprint density at radius 1 is 1.50 bits per heavy atom. The Bertz CT molecular complexity index is 565. The number of hydrogen-bond acceptors (Lipinski definition) is 5. The Kier molecular flexibility index (Phi) is 3.98. The molecular formula is C14H22NO4P. The van der Waals surface area contributed by atoms with Crippen LogP contribution in [0.15, 0.2) is 6.20 Å². The Labute approximate surface area is 119 Å². The molecule has 0 spiro atoms. The molecule has 0 bridgehead atoms. The zero-order chi connectivity index (χ0) is 15.1. The van der Waals surface area contributed by atoms with E-state index in [2.05, 4.69) is 4.98 Å². The minimum absolute atomic E-state index is 0.230. The monoisotopic (exact) mass is 299 g/mol. The van der Waals surface area contributed by atoms with Crippen LogP contribution in [0.3, 0.4) is 0 Å². The Morgan fingerprint density at radius 2 is 2.15 bits per heavy atom. The van der Waals surface area contributed by atoms with Gasteiger partial charge in [-0.25, -0.2) is 0 Å². The molecule has 0 amide bonds. The molecule has 1 aromatic rings. The van der Waals surface area contributed by atoms with Gasteiger partial charge in [0.2, 0.25) is 5.79 Å². The first kappa shape index (κ1) is 15.5. The largest absolute Gasteiger partial charge is 0.461 e. The van der Waals surface area contributed by atoms with E-state index in [1.54, 1.807) is 19.5 Å². The van der Waals surface area contributed by atoms with Crippen LogP contribution in [-0.2, 0) is 15.9 Å². The van der Waals surface area contributed by atoms with Crippen LogP contribution >= 0.6 is 7.14 Å². The summed E-state index contributed by atoms with van der Waals surface area (Å²) >= 11 is 0. The summed E-state index contributed by atoms with van der Waals surface area (Å²) in [5, 5.41) is 10.3. The lowest BCUT2D eigenvalue weighted by Crippen LogP contribution is -2.36. The van der Waals surface area contributed by atoms with Crippen LogP contribution in [0.1, 0.15) is 36.8 Å². The number of rotatable bonds is 3. The first-order chi connectivity index (χ1) is 9.09. The van der Waals surface area contributed by atoms with Crippen LogP contribution in [-0.4, -0.2) is 35.4 Å². The quantitative estimate of drug-likeness (QED) is 0.869. The highest BCUT2D eigenvalue weighted by Gasteiger charge is 2.32. The molecule has 0 radical (unpaired) electrons. The van der Waals surface area contributed by atoms with E-state index in [9.17, 15) is 9.67 Å². The van der Waals surface area contributed by atoms with Crippen LogP contribution in [0, 0.1) is 6.92 Å². The van der Waals surface area contributed by atoms with Crippen molar-refractivity contribution in [1.29, 1.82) is 0 Å². The van der Waals surface area contributed by atoms with E-state index in [1.807, 2.05) is 20.8 Å². The van der Waals surface area contributed by atoms with Crippen molar-refractivity contribution in [3.05, 3.63) is 23.0 Å². The predicted molar refractivity (Wildman–Crippen MR) is 77.8 cm³/mol. The second-order valence-corrected chi connectivity index (χ2v) is 9.68. The number of ether oxygens (including phenoxy) is 2. The maximum absolute atomic E-state index is 11.9. The molecule has 112 valence electrons. The van der Waals surface area contributed by atoms with Gasteiger partial charge in [0.05, 0.1) is 25.5 Å². The van der Waals surface area contributed by atoms with E-state index in [0.717, 1.165) is 11.3 Å². The van der Waals surface area contributed by atoms with Gasteiger partial charge in [0.25, 0.3) is 0 Å². The molecule has 5 nitrogen and oxygen atoms in total. The Morgan fingerprint density at radius 3 is 2.75 bits per heavy atom. The third-order valence-corrected chi connectivity index (χ3v) is 4.46. The minimum Gasteiger partial charge on any atom is -0.461 e. The molecule has 2 heterocycles. The minimum atomic E-state index is -2.32. The number of fused-ring (bicyclic) bond motifs is 1. The maximum atomic E-state index is 11.9. The second kappa shape index (κ2) is 5.14. The van der Waals surface area contributed by atoms with Crippen molar-refractivity contribution in [3.63, 3.8) is 0 Å². The fourth-order valence-electron chi connectivity index (χ4n) is 2.26. The van der Waals surface area contributed by atoms with Crippen molar-refractivity contribution >= 4 is 7.14 Å². The molecule has 1 N–H and O–H groups in total. The average molecular weight is 299 g/mol. The molecule has 2 rings (SSSR count). The maximum Gasteiger partial charge on any atom is 0.205 e. The van der Waals surface area contributed by atoms with Gasteiger partial charge in [-0.1, -0.05) is 0 Å². The average Bonchev–Trinajstić information content (AvgIpc) is 2.27. The molecule has 0 aliphatic carbocycles. The fourth-order valence-corrected chi connectivity index (χ4v) is 3.29. The van der Waals surface area contributed by atoms with Crippen LogP contribution < -0.4 is 4.74 Å². The summed E-state index contributed by atoms with van der Waals surface area (Å²) in [7, 11) is -2.32. The molecule has 0 saturated carbocycles. The Hall–Kier alpha value is -0.900. The highest BCUT2D eigenvalue weighted by Crippen LogP contribution is 2.43. The van der Waals surface area contributed by atoms with E-state index < -0.39 is 19.0 Å². The van der Waals surface area contributed by atoms with Gasteiger partial charge in [-0.3, -0.25) is 4.98 Å². The topological polar surface area (TPSA) is 68.7 Å². The summed E-state index contributed by atoms with van der Waals surface area (Å²) < 4.78 is 23.3. The predicted octanol–water partition coefficient (Wildman–Crippen LogP) is 2.69. The van der Waals surface area contributed by atoms with Crippen molar-refractivity contribution in [2.45, 2.75) is 39.3 Å². The highest BCUT2D eigenvalue weighted by atomic mass is 31.2. The number of nitrogens with zero attached hydrogens (tertiary/aromatic N) is 1. The van der Waals surface area contributed by atoms with Gasteiger partial charge in [0.15, 0.2) is 0 Å². The molecule has 1 aromatic heterocycles. The van der Waals surface area contributed by atoms with Gasteiger partial charge in [-0.15, -0.1) is 0 Å². The molecular weight excluding hydrogens is 277 g/mol. The Balaban J connectivity index is 2.40. The lowest BCUT2D eigenvalue weighted by atomic mass is 10.0. The van der Waals surface area contributed by atoms with Crippen molar-refractivity contribution in [2.24, 2.45) is 0 Å². The van der Waals surface area contributed by atoms with Gasteiger partial charge >= 0.3 is 0 Å². The molecule has 0 saturated heterocycles. The van der Waals surface area contributed by atoms with Gasteiger partial charge < -0.3 is 19.1 Å². The molecule has 1 unspecified atom stereocenters. The van der Waals surface area contributed by atoms with E-state index in [4.69, 9.17) is 9.47 Å². The number of hydrogen-bond donors (Lipinski definition) is 1. The lowest BCUT2D eigenvalue weighted by molar-refractivity contribution is -0.181. The van der Waals surface area contributed by atoms with Crippen molar-refractivity contribution < 1.29 is 19.1 Å². The normalized spacial score (nSPS) is 19.1. The zero-order valence-electron chi connectivity index (χ0n) is 12.6. The SMILES string of the molecule is Cc1ncc(C(O)CP(C)(C)=O)c2c1OC(C)(C)OC2. The summed E-state index contributed by atoms with van der Waals surface area (Å²) in [6, 6.07) is 0. The van der Waals surface area contributed by atoms with Crippen LogP contribution in [0.4, 0.5) is 0 Å². The smallest absolute Gasteiger partial charge is 0.205 e. The fraction of sp³-hybridized carbons (Fsp3) is 0.643. The van der Waals surface area contributed by atoms with Crippen molar-refractivity contribution in [1.82, 2.24) is 4.98 Å². The lowest BCUT2D eigenvalue weighted by Gasteiger charge is -2.34. The highest BCUT2D eigenvalue weighted by molar-refractivity contribution is 7.62. The van der Waals surface area contributed by atoms with Crippen molar-refractivity contribution in [3.8, 4) is 5.75 Å². The number of pyridine rings is 1. The van der Waals surface area contributed by atoms with Crippen molar-refractivity contribution in [2.75, 3.05) is 19.5 Å². The molecule has 6 heteroatoms. The first-order valence-electron chi connectivity index (χ1n) is 6.62. The molecule has 0 fully saturated rings. The van der Waals surface area contributed by atoms with Gasteiger partial charge in [-0.2, -0.15) is 0 Å². The summed E-state index contributed by atoms with van der Waals surface area (Å²) in [6.07, 6.45) is 1.04. The third kappa shape index (κ3) is 3.40. The molecule has 1 aliphatic rings. The van der Waals surface area contributed by atoms with E-state index in [-0.39, 0.29) is 6.16 Å². The van der Waals surface area contributed by atoms with Crippen LogP contribution in [0.25, 0.3) is 0 Å². The zero-order valence-corrected chi connectivity index (χ0v) is 13.5. The van der Waals surface area contributed by atoms with Gasteiger partial charge in [0, 0.05) is 37.3 Å². The second-order valence-electron chi connectivity index (χ2n) is 6.17. The van der Waals surface area contributed by atoms with E-state index in [0.29, 0.717) is 17.9 Å². The molecule has 1 atom stereocenters. The number of aromatic nitrogens is 1. The molecule has 20 heavy (non-hydrogen) atoms. The van der Waals surface area contributed by atoms with Gasteiger partial charge in [-0.05, 0) is 20.3 Å².